The van der Waals surface area contributed by atoms with Crippen molar-refractivity contribution in [1.82, 2.24) is 9.21 Å². The van der Waals surface area contributed by atoms with E-state index in [0.29, 0.717) is 44.6 Å². The number of amides is 1. The molecule has 2 aliphatic rings. The van der Waals surface area contributed by atoms with Gasteiger partial charge in [-0.3, -0.25) is 9.59 Å². The van der Waals surface area contributed by atoms with Gasteiger partial charge in [0.2, 0.25) is 10.0 Å². The molecule has 2 fully saturated rings. The van der Waals surface area contributed by atoms with Crippen molar-refractivity contribution in [3.63, 3.8) is 0 Å². The molecule has 2 aliphatic heterocycles. The zero-order valence-electron chi connectivity index (χ0n) is 18.2. The van der Waals surface area contributed by atoms with Crippen molar-refractivity contribution < 1.29 is 22.7 Å². The second-order valence-electron chi connectivity index (χ2n) is 8.37. The largest absolute Gasteiger partial charge is 0.468 e. The highest BCUT2D eigenvalue weighted by Crippen LogP contribution is 2.37. The van der Waals surface area contributed by atoms with Gasteiger partial charge in [-0.15, -0.1) is 0 Å². The van der Waals surface area contributed by atoms with Crippen LogP contribution in [0.4, 0.5) is 0 Å². The van der Waals surface area contributed by atoms with E-state index in [4.69, 9.17) is 4.74 Å². The quantitative estimate of drug-likeness (QED) is 0.646. The highest BCUT2D eigenvalue weighted by Gasteiger charge is 2.44. The summed E-state index contributed by atoms with van der Waals surface area (Å²) >= 11 is 0. The Morgan fingerprint density at radius 3 is 2.03 bits per heavy atom. The monoisotopic (exact) mass is 456 g/mol. The summed E-state index contributed by atoms with van der Waals surface area (Å²) < 4.78 is 32.0. The third-order valence-corrected chi connectivity index (χ3v) is 8.52. The second kappa shape index (κ2) is 9.03. The SMILES string of the molecule is COC(=O)C1(c2ccccc2)CCN(C(=O)c2ccc(S(=O)(=O)N3CCCC3)cc2)CC1. The first-order valence-corrected chi connectivity index (χ1v) is 12.4. The van der Waals surface area contributed by atoms with E-state index in [1.165, 1.54) is 23.5 Å². The third kappa shape index (κ3) is 4.04. The first-order valence-electron chi connectivity index (χ1n) is 10.9. The van der Waals surface area contributed by atoms with E-state index in [9.17, 15) is 18.0 Å². The highest BCUT2D eigenvalue weighted by molar-refractivity contribution is 7.89. The lowest BCUT2D eigenvalue weighted by molar-refractivity contribution is -0.149. The Labute approximate surface area is 189 Å². The topological polar surface area (TPSA) is 84.0 Å². The fraction of sp³-hybridized carbons (Fsp3) is 0.417. The summed E-state index contributed by atoms with van der Waals surface area (Å²) in [6.45, 7) is 1.91. The molecule has 0 aliphatic carbocycles. The van der Waals surface area contributed by atoms with Crippen LogP contribution in [0.25, 0.3) is 0 Å². The first kappa shape index (κ1) is 22.5. The van der Waals surface area contributed by atoms with Crippen molar-refractivity contribution >= 4 is 21.9 Å². The zero-order valence-corrected chi connectivity index (χ0v) is 19.0. The summed E-state index contributed by atoms with van der Waals surface area (Å²) in [5.74, 6) is -0.450. The molecule has 170 valence electrons. The number of ether oxygens (including phenoxy) is 1. The van der Waals surface area contributed by atoms with Crippen molar-refractivity contribution in [2.75, 3.05) is 33.3 Å². The second-order valence-corrected chi connectivity index (χ2v) is 10.3. The van der Waals surface area contributed by atoms with Crippen molar-refractivity contribution in [1.29, 1.82) is 0 Å². The first-order chi connectivity index (χ1) is 15.4. The lowest BCUT2D eigenvalue weighted by Gasteiger charge is -2.40. The zero-order chi connectivity index (χ0) is 22.8. The van der Waals surface area contributed by atoms with Gasteiger partial charge >= 0.3 is 5.97 Å². The fourth-order valence-corrected chi connectivity index (χ4v) is 6.20. The van der Waals surface area contributed by atoms with Gasteiger partial charge in [0.1, 0.15) is 0 Å². The number of methoxy groups -OCH3 is 1. The summed E-state index contributed by atoms with van der Waals surface area (Å²) in [4.78, 5) is 27.7. The summed E-state index contributed by atoms with van der Waals surface area (Å²) in [5.41, 5.74) is 0.576. The average Bonchev–Trinajstić information content (AvgIpc) is 3.40. The van der Waals surface area contributed by atoms with E-state index in [2.05, 4.69) is 0 Å². The van der Waals surface area contributed by atoms with Gasteiger partial charge in [0.05, 0.1) is 17.4 Å². The molecule has 32 heavy (non-hydrogen) atoms. The molecule has 4 rings (SSSR count). The Bertz CT molecular complexity index is 1070. The number of benzene rings is 2. The Morgan fingerprint density at radius 2 is 1.47 bits per heavy atom. The van der Waals surface area contributed by atoms with E-state index in [1.807, 2.05) is 30.3 Å². The highest BCUT2D eigenvalue weighted by atomic mass is 32.2. The number of hydrogen-bond acceptors (Lipinski definition) is 5. The Morgan fingerprint density at radius 1 is 0.875 bits per heavy atom. The molecule has 0 unspecified atom stereocenters. The Kier molecular flexibility index (Phi) is 6.35. The van der Waals surface area contributed by atoms with E-state index in [-0.39, 0.29) is 16.8 Å². The van der Waals surface area contributed by atoms with Crippen molar-refractivity contribution in [3.8, 4) is 0 Å². The average molecular weight is 457 g/mol. The molecular weight excluding hydrogens is 428 g/mol. The van der Waals surface area contributed by atoms with Crippen LogP contribution in [-0.2, 0) is 25.0 Å². The van der Waals surface area contributed by atoms with Crippen LogP contribution in [0.3, 0.4) is 0 Å². The fourth-order valence-electron chi connectivity index (χ4n) is 4.68. The maximum atomic E-state index is 13.1. The minimum Gasteiger partial charge on any atom is -0.468 e. The molecule has 1 amide bonds. The molecule has 2 saturated heterocycles. The number of carbonyl (C=O) groups excluding carboxylic acids is 2. The van der Waals surface area contributed by atoms with Gasteiger partial charge in [0.25, 0.3) is 5.91 Å². The van der Waals surface area contributed by atoms with Crippen LogP contribution < -0.4 is 0 Å². The van der Waals surface area contributed by atoms with Gasteiger partial charge in [0.15, 0.2) is 0 Å². The third-order valence-electron chi connectivity index (χ3n) is 6.61. The predicted molar refractivity (Wildman–Crippen MR) is 120 cm³/mol. The van der Waals surface area contributed by atoms with Crippen molar-refractivity contribution in [3.05, 3.63) is 65.7 Å². The maximum absolute atomic E-state index is 13.1. The predicted octanol–water partition coefficient (Wildman–Crippen LogP) is 2.82. The van der Waals surface area contributed by atoms with Gasteiger partial charge in [-0.1, -0.05) is 30.3 Å². The molecule has 0 atom stereocenters. The molecule has 0 N–H and O–H groups in total. The Hall–Kier alpha value is -2.71. The summed E-state index contributed by atoms with van der Waals surface area (Å²) in [6, 6.07) is 15.7. The molecule has 2 aromatic rings. The van der Waals surface area contributed by atoms with Crippen LogP contribution in [0.15, 0.2) is 59.5 Å². The lowest BCUT2D eigenvalue weighted by atomic mass is 9.72. The number of piperidine rings is 1. The summed E-state index contributed by atoms with van der Waals surface area (Å²) in [7, 11) is -2.12. The van der Waals surface area contributed by atoms with Crippen LogP contribution in [0, 0.1) is 0 Å². The van der Waals surface area contributed by atoms with E-state index in [0.717, 1.165) is 18.4 Å². The molecule has 2 aromatic carbocycles. The van der Waals surface area contributed by atoms with E-state index < -0.39 is 15.4 Å². The summed E-state index contributed by atoms with van der Waals surface area (Å²) in [5, 5.41) is 0. The molecular formula is C24H28N2O5S. The molecule has 2 heterocycles. The van der Waals surface area contributed by atoms with Crippen LogP contribution in [0.5, 0.6) is 0 Å². The number of esters is 1. The van der Waals surface area contributed by atoms with E-state index in [1.54, 1.807) is 17.0 Å². The smallest absolute Gasteiger partial charge is 0.316 e. The van der Waals surface area contributed by atoms with Crippen LogP contribution in [0.1, 0.15) is 41.6 Å². The van der Waals surface area contributed by atoms with Crippen LogP contribution in [0.2, 0.25) is 0 Å². The lowest BCUT2D eigenvalue weighted by Crippen LogP contribution is -2.49. The number of nitrogens with zero attached hydrogens (tertiary/aromatic N) is 2. The van der Waals surface area contributed by atoms with Crippen molar-refractivity contribution in [2.24, 2.45) is 0 Å². The number of rotatable bonds is 5. The van der Waals surface area contributed by atoms with E-state index >= 15 is 0 Å². The molecule has 0 bridgehead atoms. The summed E-state index contributed by atoms with van der Waals surface area (Å²) in [6.07, 6.45) is 2.69. The normalized spacial score (nSPS) is 19.0. The van der Waals surface area contributed by atoms with Crippen molar-refractivity contribution in [2.45, 2.75) is 36.0 Å². The minimum absolute atomic E-state index is 0.165. The number of carbonyl (C=O) groups is 2. The Balaban J connectivity index is 1.48. The standard InChI is InChI=1S/C24H28N2O5S/c1-31-23(28)24(20-7-3-2-4-8-20)13-17-25(18-14-24)22(27)19-9-11-21(12-10-19)32(29,30)26-15-5-6-16-26/h2-4,7-12H,5-6,13-18H2,1H3. The van der Waals surface area contributed by atoms with Crippen LogP contribution >= 0.6 is 0 Å². The number of hydrogen-bond donors (Lipinski definition) is 0. The molecule has 8 heteroatoms. The molecule has 0 saturated carbocycles. The van der Waals surface area contributed by atoms with Gasteiger partial charge in [-0.25, -0.2) is 8.42 Å². The maximum Gasteiger partial charge on any atom is 0.316 e. The number of likely N-dealkylation sites (tertiary alicyclic amines) is 1. The molecule has 7 nitrogen and oxygen atoms in total. The van der Waals surface area contributed by atoms with Gasteiger partial charge in [-0.2, -0.15) is 4.31 Å². The van der Waals surface area contributed by atoms with Gasteiger partial charge in [0, 0.05) is 31.7 Å². The number of sulfonamides is 1. The van der Waals surface area contributed by atoms with Crippen LogP contribution in [-0.4, -0.2) is 62.8 Å². The van der Waals surface area contributed by atoms with Gasteiger partial charge < -0.3 is 9.64 Å². The molecule has 0 spiro atoms. The van der Waals surface area contributed by atoms with Gasteiger partial charge in [-0.05, 0) is 55.5 Å². The molecule has 0 aromatic heterocycles. The minimum atomic E-state index is -3.51. The molecule has 0 radical (unpaired) electrons.